The molecule has 1 aliphatic heterocycles. The van der Waals surface area contributed by atoms with Crippen LogP contribution in [0.25, 0.3) is 0 Å². The fraction of sp³-hybridized carbons (Fsp3) is 0.636. The SMILES string of the molecule is CC#CC(=O)N1C(C(=O)O)CSC1C1CC1. The van der Waals surface area contributed by atoms with Crippen LogP contribution in [0, 0.1) is 17.8 Å². The molecule has 16 heavy (non-hydrogen) atoms. The van der Waals surface area contributed by atoms with Crippen LogP contribution >= 0.6 is 11.8 Å². The van der Waals surface area contributed by atoms with Crippen molar-refractivity contribution in [3.63, 3.8) is 0 Å². The summed E-state index contributed by atoms with van der Waals surface area (Å²) in [5.41, 5.74) is 0. The molecule has 0 bridgehead atoms. The second kappa shape index (κ2) is 4.38. The third-order valence-electron chi connectivity index (χ3n) is 2.81. The number of thioether (sulfide) groups is 1. The highest BCUT2D eigenvalue weighted by Crippen LogP contribution is 2.45. The van der Waals surface area contributed by atoms with Crippen molar-refractivity contribution in [3.8, 4) is 11.8 Å². The van der Waals surface area contributed by atoms with Gasteiger partial charge in [0.15, 0.2) is 0 Å². The Bertz CT molecular complexity index is 380. The summed E-state index contributed by atoms with van der Waals surface area (Å²) in [5, 5.41) is 9.09. The number of hydrogen-bond acceptors (Lipinski definition) is 3. The largest absolute Gasteiger partial charge is 0.480 e. The standard InChI is InChI=1S/C11H13NO3S/c1-2-3-9(13)12-8(11(14)15)6-16-10(12)7-4-5-7/h7-8,10H,4-6H2,1H3,(H,14,15). The summed E-state index contributed by atoms with van der Waals surface area (Å²) < 4.78 is 0. The number of hydrogen-bond donors (Lipinski definition) is 1. The lowest BCUT2D eigenvalue weighted by atomic mass is 10.2. The molecule has 0 aromatic carbocycles. The molecule has 2 rings (SSSR count). The van der Waals surface area contributed by atoms with E-state index in [4.69, 9.17) is 5.11 Å². The number of carboxylic acid groups (broad SMARTS) is 1. The molecular formula is C11H13NO3S. The van der Waals surface area contributed by atoms with Crippen molar-refractivity contribution < 1.29 is 14.7 Å². The first-order valence-corrected chi connectivity index (χ1v) is 6.29. The van der Waals surface area contributed by atoms with Crippen LogP contribution in [0.2, 0.25) is 0 Å². The van der Waals surface area contributed by atoms with Gasteiger partial charge < -0.3 is 10.0 Å². The minimum atomic E-state index is -0.929. The van der Waals surface area contributed by atoms with Gasteiger partial charge in [0, 0.05) is 5.75 Å². The van der Waals surface area contributed by atoms with E-state index in [0.29, 0.717) is 11.7 Å². The Hall–Kier alpha value is -1.15. The maximum atomic E-state index is 11.8. The number of carbonyl (C=O) groups excluding carboxylic acids is 1. The van der Waals surface area contributed by atoms with Crippen molar-refractivity contribution in [3.05, 3.63) is 0 Å². The highest BCUT2D eigenvalue weighted by Gasteiger charge is 2.47. The van der Waals surface area contributed by atoms with E-state index < -0.39 is 12.0 Å². The van der Waals surface area contributed by atoms with E-state index in [1.54, 1.807) is 18.7 Å². The molecular weight excluding hydrogens is 226 g/mol. The number of carboxylic acids is 1. The second-order valence-electron chi connectivity index (χ2n) is 4.00. The quantitative estimate of drug-likeness (QED) is 0.723. The molecule has 0 aromatic heterocycles. The third-order valence-corrected chi connectivity index (χ3v) is 4.27. The average molecular weight is 239 g/mol. The van der Waals surface area contributed by atoms with E-state index in [1.807, 2.05) is 0 Å². The molecule has 2 unspecified atom stereocenters. The number of carbonyl (C=O) groups is 2. The number of nitrogens with zero attached hydrogens (tertiary/aromatic N) is 1. The summed E-state index contributed by atoms with van der Waals surface area (Å²) >= 11 is 1.57. The van der Waals surface area contributed by atoms with E-state index in [9.17, 15) is 9.59 Å². The molecule has 1 amide bonds. The molecule has 0 spiro atoms. The summed E-state index contributed by atoms with van der Waals surface area (Å²) in [7, 11) is 0. The fourth-order valence-corrected chi connectivity index (χ4v) is 3.52. The van der Waals surface area contributed by atoms with Crippen molar-refractivity contribution in [2.24, 2.45) is 5.92 Å². The number of amides is 1. The lowest BCUT2D eigenvalue weighted by Gasteiger charge is -2.24. The Kier molecular flexibility index (Phi) is 3.10. The lowest BCUT2D eigenvalue weighted by Crippen LogP contribution is -2.45. The molecule has 4 nitrogen and oxygen atoms in total. The van der Waals surface area contributed by atoms with Crippen LogP contribution in [0.1, 0.15) is 19.8 Å². The van der Waals surface area contributed by atoms with Gasteiger partial charge in [-0.3, -0.25) is 4.79 Å². The molecule has 1 N–H and O–H groups in total. The van der Waals surface area contributed by atoms with Crippen molar-refractivity contribution in [2.75, 3.05) is 5.75 Å². The number of rotatable bonds is 2. The number of aliphatic carboxylic acids is 1. The fourth-order valence-electron chi connectivity index (χ4n) is 1.89. The third kappa shape index (κ3) is 2.03. The van der Waals surface area contributed by atoms with Crippen molar-refractivity contribution in [1.29, 1.82) is 0 Å². The second-order valence-corrected chi connectivity index (χ2v) is 5.15. The Morgan fingerprint density at radius 2 is 2.12 bits per heavy atom. The van der Waals surface area contributed by atoms with Gasteiger partial charge in [0.25, 0.3) is 5.91 Å². The van der Waals surface area contributed by atoms with Crippen LogP contribution in [0.5, 0.6) is 0 Å². The molecule has 1 saturated carbocycles. The minimum absolute atomic E-state index is 0.0226. The Morgan fingerprint density at radius 1 is 1.44 bits per heavy atom. The smallest absolute Gasteiger partial charge is 0.327 e. The van der Waals surface area contributed by atoms with Gasteiger partial charge in [0.1, 0.15) is 6.04 Å². The summed E-state index contributed by atoms with van der Waals surface area (Å²) in [6, 6.07) is -0.705. The van der Waals surface area contributed by atoms with E-state index in [0.717, 1.165) is 12.8 Å². The van der Waals surface area contributed by atoms with Crippen molar-refractivity contribution >= 4 is 23.6 Å². The zero-order valence-corrected chi connectivity index (χ0v) is 9.79. The molecule has 5 heteroatoms. The van der Waals surface area contributed by atoms with E-state index >= 15 is 0 Å². The molecule has 0 aromatic rings. The maximum absolute atomic E-state index is 11.8. The van der Waals surface area contributed by atoms with Gasteiger partial charge in [-0.2, -0.15) is 0 Å². The summed E-state index contributed by atoms with van der Waals surface area (Å²) in [6.45, 7) is 1.59. The molecule has 1 heterocycles. The maximum Gasteiger partial charge on any atom is 0.327 e. The topological polar surface area (TPSA) is 57.6 Å². The summed E-state index contributed by atoms with van der Waals surface area (Å²) in [5.74, 6) is 4.66. The average Bonchev–Trinajstić information content (AvgIpc) is 2.97. The van der Waals surface area contributed by atoms with Gasteiger partial charge >= 0.3 is 5.97 Å². The van der Waals surface area contributed by atoms with Crippen LogP contribution < -0.4 is 0 Å². The normalized spacial score (nSPS) is 28.4. The predicted molar refractivity (Wildman–Crippen MR) is 60.7 cm³/mol. The van der Waals surface area contributed by atoms with E-state index in [-0.39, 0.29) is 11.3 Å². The highest BCUT2D eigenvalue weighted by molar-refractivity contribution is 8.00. The van der Waals surface area contributed by atoms with Crippen LogP contribution in [-0.2, 0) is 9.59 Å². The van der Waals surface area contributed by atoms with Gasteiger partial charge in [0.05, 0.1) is 5.37 Å². The Balaban J connectivity index is 2.19. The molecule has 2 atom stereocenters. The van der Waals surface area contributed by atoms with Crippen LogP contribution in [0.4, 0.5) is 0 Å². The molecule has 2 fully saturated rings. The Labute approximate surface area is 98.4 Å². The van der Waals surface area contributed by atoms with Crippen LogP contribution in [0.3, 0.4) is 0 Å². The van der Waals surface area contributed by atoms with Gasteiger partial charge in [-0.1, -0.05) is 5.92 Å². The van der Waals surface area contributed by atoms with E-state index in [1.165, 1.54) is 4.90 Å². The highest BCUT2D eigenvalue weighted by atomic mass is 32.2. The zero-order chi connectivity index (χ0) is 11.7. The first kappa shape index (κ1) is 11.3. The first-order valence-electron chi connectivity index (χ1n) is 5.24. The monoisotopic (exact) mass is 239 g/mol. The van der Waals surface area contributed by atoms with E-state index in [2.05, 4.69) is 11.8 Å². The van der Waals surface area contributed by atoms with Gasteiger partial charge in [0.2, 0.25) is 0 Å². The van der Waals surface area contributed by atoms with Crippen molar-refractivity contribution in [1.82, 2.24) is 4.90 Å². The van der Waals surface area contributed by atoms with Crippen LogP contribution in [0.15, 0.2) is 0 Å². The predicted octanol–water partition coefficient (Wildman–Crippen LogP) is 0.774. The summed E-state index contributed by atoms with van der Waals surface area (Å²) in [4.78, 5) is 24.3. The zero-order valence-electron chi connectivity index (χ0n) is 8.97. The van der Waals surface area contributed by atoms with Gasteiger partial charge in [-0.25, -0.2) is 4.79 Å². The molecule has 0 radical (unpaired) electrons. The summed E-state index contributed by atoms with van der Waals surface area (Å²) in [6.07, 6.45) is 2.18. The van der Waals surface area contributed by atoms with Crippen LogP contribution in [-0.4, -0.2) is 39.1 Å². The molecule has 1 aliphatic carbocycles. The lowest BCUT2D eigenvalue weighted by molar-refractivity contribution is -0.147. The minimum Gasteiger partial charge on any atom is -0.480 e. The Morgan fingerprint density at radius 3 is 2.62 bits per heavy atom. The van der Waals surface area contributed by atoms with Crippen molar-refractivity contribution in [2.45, 2.75) is 31.2 Å². The van der Waals surface area contributed by atoms with Gasteiger partial charge in [-0.05, 0) is 31.6 Å². The molecule has 86 valence electrons. The molecule has 1 saturated heterocycles. The van der Waals surface area contributed by atoms with Gasteiger partial charge in [-0.15, -0.1) is 11.8 Å². The molecule has 2 aliphatic rings. The first-order chi connectivity index (χ1) is 7.65.